The Kier molecular flexibility index (Phi) is 6.30. The smallest absolute Gasteiger partial charge is 0.238 e. The number of aromatic nitrogens is 2. The van der Waals surface area contributed by atoms with Crippen LogP contribution >= 0.6 is 11.6 Å². The van der Waals surface area contributed by atoms with E-state index in [4.69, 9.17) is 11.6 Å². The summed E-state index contributed by atoms with van der Waals surface area (Å²) in [5.74, 6) is -5.20. The molecule has 35 heavy (non-hydrogen) atoms. The van der Waals surface area contributed by atoms with Crippen LogP contribution in [-0.4, -0.2) is 42.7 Å². The first kappa shape index (κ1) is 25.0. The zero-order valence-electron chi connectivity index (χ0n) is 17.8. The van der Waals surface area contributed by atoms with Gasteiger partial charge in [0.1, 0.15) is 5.71 Å². The van der Waals surface area contributed by atoms with Gasteiger partial charge in [-0.05, 0) is 47.0 Å². The van der Waals surface area contributed by atoms with Gasteiger partial charge < -0.3 is 0 Å². The van der Waals surface area contributed by atoms with Gasteiger partial charge in [-0.2, -0.15) is 27.1 Å². The topological polar surface area (TPSA) is 75.5 Å². The van der Waals surface area contributed by atoms with E-state index in [1.54, 1.807) is 36.4 Å². The molecule has 0 aliphatic carbocycles. The van der Waals surface area contributed by atoms with E-state index in [9.17, 15) is 30.4 Å². The average molecular weight is 531 g/mol. The first-order valence-corrected chi connectivity index (χ1v) is 12.3. The monoisotopic (exact) mass is 530 g/mol. The highest BCUT2D eigenvalue weighted by Gasteiger charge is 2.63. The SMILES string of the molecule is CS(=O)(=O)c1ccc(-c2cccc(C3CC(C(F)(F)C(F)(F)F)=NN3c3ccc(Cl)nn3)c2)cc1. The molecule has 0 saturated carbocycles. The van der Waals surface area contributed by atoms with Crippen LogP contribution in [0.25, 0.3) is 11.1 Å². The van der Waals surface area contributed by atoms with Crippen LogP contribution in [0.4, 0.5) is 27.8 Å². The molecule has 6 nitrogen and oxygen atoms in total. The Bertz CT molecular complexity index is 1380. The van der Waals surface area contributed by atoms with Crippen molar-refractivity contribution in [2.75, 3.05) is 11.3 Å². The second-order valence-electron chi connectivity index (χ2n) is 7.82. The van der Waals surface area contributed by atoms with E-state index in [-0.39, 0.29) is 15.9 Å². The molecule has 13 heteroatoms. The number of alkyl halides is 5. The fraction of sp³-hybridized carbons (Fsp3) is 0.227. The Morgan fingerprint density at radius 2 is 1.63 bits per heavy atom. The summed E-state index contributed by atoms with van der Waals surface area (Å²) in [6.07, 6.45) is -5.46. The molecule has 0 radical (unpaired) electrons. The molecule has 1 aliphatic heterocycles. The maximum atomic E-state index is 14.2. The normalized spacial score (nSPS) is 16.9. The standard InChI is InChI=1S/C22H16ClF5N4O2S/c1-35(33,34)16-7-5-13(6-8-16)14-3-2-4-15(11-14)17-12-18(21(24,25)22(26,27)28)31-32(17)20-10-9-19(23)29-30-20/h2-11,17H,12H2,1H3. The van der Waals surface area contributed by atoms with Gasteiger partial charge in [-0.25, -0.2) is 13.4 Å². The third-order valence-electron chi connectivity index (χ3n) is 5.37. The molecule has 184 valence electrons. The van der Waals surface area contributed by atoms with Crippen LogP contribution in [0, 0.1) is 0 Å². The van der Waals surface area contributed by atoms with Crippen molar-refractivity contribution in [3.63, 3.8) is 0 Å². The van der Waals surface area contributed by atoms with Gasteiger partial charge in [0.15, 0.2) is 20.8 Å². The molecule has 4 rings (SSSR count). The molecule has 1 aromatic heterocycles. The number of hydrogen-bond acceptors (Lipinski definition) is 6. The molecule has 0 spiro atoms. The van der Waals surface area contributed by atoms with Crippen molar-refractivity contribution in [2.45, 2.75) is 29.5 Å². The molecule has 0 fully saturated rings. The Hall–Kier alpha value is -3.12. The fourth-order valence-corrected chi connectivity index (χ4v) is 4.32. The number of benzene rings is 2. The number of nitrogens with zero attached hydrogens (tertiary/aromatic N) is 4. The molecular weight excluding hydrogens is 515 g/mol. The van der Waals surface area contributed by atoms with E-state index in [0.29, 0.717) is 16.7 Å². The first-order valence-electron chi connectivity index (χ1n) is 9.99. The van der Waals surface area contributed by atoms with Crippen molar-refractivity contribution < 1.29 is 30.4 Å². The fourth-order valence-electron chi connectivity index (χ4n) is 3.59. The third kappa shape index (κ3) is 4.98. The summed E-state index contributed by atoms with van der Waals surface area (Å²) < 4.78 is 90.9. The number of anilines is 1. The molecule has 0 amide bonds. The minimum atomic E-state index is -5.82. The zero-order chi connectivity index (χ0) is 25.6. The number of rotatable bonds is 5. The molecule has 1 unspecified atom stereocenters. The second kappa shape index (κ2) is 8.83. The molecule has 1 atom stereocenters. The van der Waals surface area contributed by atoms with E-state index in [1.807, 2.05) is 0 Å². The quantitative estimate of drug-likeness (QED) is 0.395. The van der Waals surface area contributed by atoms with Gasteiger partial charge in [0.25, 0.3) is 0 Å². The number of halogens is 6. The van der Waals surface area contributed by atoms with Crippen molar-refractivity contribution in [3.05, 3.63) is 71.4 Å². The van der Waals surface area contributed by atoms with Crippen molar-refractivity contribution in [2.24, 2.45) is 5.10 Å². The van der Waals surface area contributed by atoms with Gasteiger partial charge in [0.05, 0.1) is 10.9 Å². The van der Waals surface area contributed by atoms with Crippen molar-refractivity contribution >= 4 is 33.0 Å². The molecule has 0 N–H and O–H groups in total. The van der Waals surface area contributed by atoms with Gasteiger partial charge >= 0.3 is 12.1 Å². The lowest BCUT2D eigenvalue weighted by Gasteiger charge is -2.23. The predicted octanol–water partition coefficient (Wildman–Crippen LogP) is 5.71. The van der Waals surface area contributed by atoms with E-state index in [0.717, 1.165) is 11.3 Å². The Labute approximate surface area is 202 Å². The summed E-state index contributed by atoms with van der Waals surface area (Å²) >= 11 is 5.73. The Balaban J connectivity index is 1.74. The lowest BCUT2D eigenvalue weighted by atomic mass is 9.95. The van der Waals surface area contributed by atoms with Gasteiger partial charge in [-0.1, -0.05) is 41.9 Å². The zero-order valence-corrected chi connectivity index (χ0v) is 19.4. The molecule has 2 aromatic carbocycles. The third-order valence-corrected chi connectivity index (χ3v) is 6.70. The van der Waals surface area contributed by atoms with Crippen LogP contribution in [0.15, 0.2) is 70.7 Å². The maximum Gasteiger partial charge on any atom is 0.459 e. The predicted molar refractivity (Wildman–Crippen MR) is 120 cm³/mol. The van der Waals surface area contributed by atoms with Crippen LogP contribution in [0.1, 0.15) is 18.0 Å². The number of hydrogen-bond donors (Lipinski definition) is 0. The van der Waals surface area contributed by atoms with E-state index in [1.165, 1.54) is 24.3 Å². The lowest BCUT2D eigenvalue weighted by Crippen LogP contribution is -2.43. The van der Waals surface area contributed by atoms with Crippen LogP contribution in [0.5, 0.6) is 0 Å². The summed E-state index contributed by atoms with van der Waals surface area (Å²) in [7, 11) is -3.40. The van der Waals surface area contributed by atoms with Crippen LogP contribution in [0.2, 0.25) is 5.15 Å². The minimum Gasteiger partial charge on any atom is -0.238 e. The van der Waals surface area contributed by atoms with Crippen molar-refractivity contribution in [3.8, 4) is 11.1 Å². The summed E-state index contributed by atoms with van der Waals surface area (Å²) in [4.78, 5) is 0.119. The summed E-state index contributed by atoms with van der Waals surface area (Å²) in [5.41, 5.74) is 0.260. The van der Waals surface area contributed by atoms with E-state index >= 15 is 0 Å². The van der Waals surface area contributed by atoms with Gasteiger partial charge in [0.2, 0.25) is 0 Å². The van der Waals surface area contributed by atoms with Crippen molar-refractivity contribution in [1.29, 1.82) is 0 Å². The summed E-state index contributed by atoms with van der Waals surface area (Å²) in [6.45, 7) is 0. The van der Waals surface area contributed by atoms with E-state index in [2.05, 4.69) is 15.3 Å². The van der Waals surface area contributed by atoms with Crippen LogP contribution < -0.4 is 5.01 Å². The number of sulfone groups is 1. The first-order chi connectivity index (χ1) is 16.3. The molecule has 0 saturated heterocycles. The van der Waals surface area contributed by atoms with Crippen LogP contribution in [-0.2, 0) is 9.84 Å². The summed E-state index contributed by atoms with van der Waals surface area (Å²) in [6, 6.07) is 14.1. The van der Waals surface area contributed by atoms with Crippen LogP contribution in [0.3, 0.4) is 0 Å². The van der Waals surface area contributed by atoms with Gasteiger partial charge in [0, 0.05) is 12.7 Å². The second-order valence-corrected chi connectivity index (χ2v) is 10.2. The Morgan fingerprint density at radius 3 is 2.20 bits per heavy atom. The molecule has 0 bridgehead atoms. The minimum absolute atomic E-state index is 0.00820. The molecular formula is C22H16ClF5N4O2S. The highest BCUT2D eigenvalue weighted by molar-refractivity contribution is 7.90. The Morgan fingerprint density at radius 1 is 0.943 bits per heavy atom. The number of hydrazone groups is 1. The van der Waals surface area contributed by atoms with Gasteiger partial charge in [-0.3, -0.25) is 0 Å². The molecule has 3 aromatic rings. The van der Waals surface area contributed by atoms with Gasteiger partial charge in [-0.15, -0.1) is 10.2 Å². The van der Waals surface area contributed by atoms with Crippen molar-refractivity contribution in [1.82, 2.24) is 10.2 Å². The highest BCUT2D eigenvalue weighted by Crippen LogP contribution is 2.44. The largest absolute Gasteiger partial charge is 0.459 e. The van der Waals surface area contributed by atoms with E-state index < -0.39 is 40.1 Å². The molecule has 1 aliphatic rings. The summed E-state index contributed by atoms with van der Waals surface area (Å²) in [5, 5.41) is 12.0. The lowest BCUT2D eigenvalue weighted by molar-refractivity contribution is -0.249. The maximum absolute atomic E-state index is 14.2. The average Bonchev–Trinajstić information content (AvgIpc) is 3.25. The molecule has 2 heterocycles. The highest BCUT2D eigenvalue weighted by atomic mass is 35.5.